The monoisotopic (exact) mass is 325 g/mol. The van der Waals surface area contributed by atoms with Gasteiger partial charge in [-0.1, -0.05) is 23.2 Å². The molecule has 0 aliphatic rings. The Kier molecular flexibility index (Phi) is 4.98. The van der Waals surface area contributed by atoms with Crippen LogP contribution in [0.3, 0.4) is 0 Å². The predicted molar refractivity (Wildman–Crippen MR) is 82.0 cm³/mol. The lowest BCUT2D eigenvalue weighted by Gasteiger charge is -2.08. The van der Waals surface area contributed by atoms with Crippen LogP contribution in [-0.2, 0) is 6.54 Å². The Morgan fingerprint density at radius 1 is 1.38 bits per heavy atom. The lowest BCUT2D eigenvalue weighted by molar-refractivity contribution is 0.0952. The molecule has 0 aliphatic carbocycles. The van der Waals surface area contributed by atoms with Crippen LogP contribution >= 0.6 is 23.2 Å². The van der Waals surface area contributed by atoms with Crippen LogP contribution in [0.2, 0.25) is 10.0 Å². The number of nitrogens with one attached hydrogen (secondary N) is 1. The van der Waals surface area contributed by atoms with Crippen LogP contribution in [0.5, 0.6) is 0 Å². The highest BCUT2D eigenvalue weighted by Crippen LogP contribution is 2.20. The minimum Gasteiger partial charge on any atom is -0.350 e. The molecule has 0 unspecified atom stereocenters. The smallest absolute Gasteiger partial charge is 0.256 e. The van der Waals surface area contributed by atoms with Gasteiger partial charge < -0.3 is 5.32 Å². The molecular weight excluding hydrogens is 313 g/mol. The van der Waals surface area contributed by atoms with Crippen molar-refractivity contribution in [2.45, 2.75) is 13.5 Å². The second-order valence-electron chi connectivity index (χ2n) is 4.46. The molecule has 1 N–H and O–H groups in total. The molecule has 5 nitrogen and oxygen atoms in total. The third-order valence-electron chi connectivity index (χ3n) is 2.89. The number of carbonyl (C=O) groups is 1. The second-order valence-corrected chi connectivity index (χ2v) is 5.30. The molecule has 1 aromatic carbocycles. The van der Waals surface area contributed by atoms with Gasteiger partial charge in [0.1, 0.15) is 0 Å². The molecule has 0 fully saturated rings. The third-order valence-corrected chi connectivity index (χ3v) is 3.43. The van der Waals surface area contributed by atoms with E-state index in [1.54, 1.807) is 19.1 Å². The van der Waals surface area contributed by atoms with Gasteiger partial charge in [0.15, 0.2) is 0 Å². The summed E-state index contributed by atoms with van der Waals surface area (Å²) < 4.78 is 1.44. The number of halogens is 2. The summed E-state index contributed by atoms with van der Waals surface area (Å²) in [7, 11) is 0. The van der Waals surface area contributed by atoms with Crippen LogP contribution in [-0.4, -0.2) is 22.0 Å². The quantitative estimate of drug-likeness (QED) is 0.938. The number of carbonyl (C=O) groups excluding carboxylic acids is 1. The molecule has 1 aromatic heterocycles. The van der Waals surface area contributed by atoms with Crippen LogP contribution in [0, 0.1) is 6.92 Å². The molecule has 2 rings (SSSR count). The summed E-state index contributed by atoms with van der Waals surface area (Å²) >= 11 is 11.7. The van der Waals surface area contributed by atoms with E-state index < -0.39 is 0 Å². The van der Waals surface area contributed by atoms with Crippen molar-refractivity contribution in [2.75, 3.05) is 6.54 Å². The van der Waals surface area contributed by atoms with E-state index in [9.17, 15) is 9.59 Å². The first-order valence-corrected chi connectivity index (χ1v) is 6.99. The van der Waals surface area contributed by atoms with Gasteiger partial charge in [-0.2, -0.15) is 0 Å². The number of hydrogen-bond donors (Lipinski definition) is 1. The minimum atomic E-state index is -0.315. The molecule has 0 radical (unpaired) electrons. The van der Waals surface area contributed by atoms with E-state index in [1.807, 2.05) is 0 Å². The Balaban J connectivity index is 1.98. The molecule has 110 valence electrons. The van der Waals surface area contributed by atoms with Crippen molar-refractivity contribution in [1.82, 2.24) is 14.9 Å². The SMILES string of the molecule is Cc1cncn(CCNC(=O)c2ccc(Cl)cc2Cl)c1=O. The Morgan fingerprint density at radius 2 is 2.14 bits per heavy atom. The van der Waals surface area contributed by atoms with Gasteiger partial charge in [0.2, 0.25) is 0 Å². The molecule has 0 saturated carbocycles. The number of rotatable bonds is 4. The maximum Gasteiger partial charge on any atom is 0.256 e. The van der Waals surface area contributed by atoms with Gasteiger partial charge in [-0.15, -0.1) is 0 Å². The predicted octanol–water partition coefficient (Wildman–Crippen LogP) is 2.29. The van der Waals surface area contributed by atoms with E-state index in [-0.39, 0.29) is 16.5 Å². The Labute approximate surface area is 131 Å². The zero-order chi connectivity index (χ0) is 15.4. The maximum absolute atomic E-state index is 12.0. The van der Waals surface area contributed by atoms with Crippen molar-refractivity contribution in [1.29, 1.82) is 0 Å². The second kappa shape index (κ2) is 6.74. The summed E-state index contributed by atoms with van der Waals surface area (Å²) in [6.07, 6.45) is 2.95. The van der Waals surface area contributed by atoms with Gasteiger partial charge in [0.05, 0.1) is 16.9 Å². The average Bonchev–Trinajstić information content (AvgIpc) is 2.43. The normalized spacial score (nSPS) is 10.4. The van der Waals surface area contributed by atoms with E-state index >= 15 is 0 Å². The van der Waals surface area contributed by atoms with Crippen LogP contribution in [0.1, 0.15) is 15.9 Å². The highest BCUT2D eigenvalue weighted by molar-refractivity contribution is 6.36. The van der Waals surface area contributed by atoms with Gasteiger partial charge in [-0.3, -0.25) is 14.2 Å². The van der Waals surface area contributed by atoms with Crippen molar-refractivity contribution in [3.63, 3.8) is 0 Å². The molecule has 21 heavy (non-hydrogen) atoms. The Morgan fingerprint density at radius 3 is 2.86 bits per heavy atom. The topological polar surface area (TPSA) is 64.0 Å². The standard InChI is InChI=1S/C14H13Cl2N3O2/c1-9-7-17-8-19(14(9)21)5-4-18-13(20)11-3-2-10(15)6-12(11)16/h2-3,6-8H,4-5H2,1H3,(H,18,20). The lowest BCUT2D eigenvalue weighted by atomic mass is 10.2. The van der Waals surface area contributed by atoms with E-state index in [4.69, 9.17) is 23.2 Å². The molecule has 0 saturated heterocycles. The van der Waals surface area contributed by atoms with Gasteiger partial charge in [0.25, 0.3) is 11.5 Å². The fourth-order valence-corrected chi connectivity index (χ4v) is 2.27. The molecule has 0 spiro atoms. The number of aryl methyl sites for hydroxylation is 1. The summed E-state index contributed by atoms with van der Waals surface area (Å²) in [5, 5.41) is 3.45. The Bertz CT molecular complexity index is 728. The van der Waals surface area contributed by atoms with E-state index in [0.29, 0.717) is 29.2 Å². The number of aromatic nitrogens is 2. The zero-order valence-corrected chi connectivity index (χ0v) is 12.8. The van der Waals surface area contributed by atoms with Crippen molar-refractivity contribution < 1.29 is 4.79 Å². The number of nitrogens with zero attached hydrogens (tertiary/aromatic N) is 2. The maximum atomic E-state index is 12.0. The zero-order valence-electron chi connectivity index (χ0n) is 11.3. The molecule has 2 aromatic rings. The van der Waals surface area contributed by atoms with E-state index in [0.717, 1.165) is 0 Å². The minimum absolute atomic E-state index is 0.122. The van der Waals surface area contributed by atoms with E-state index in [1.165, 1.54) is 23.2 Å². The van der Waals surface area contributed by atoms with Gasteiger partial charge in [-0.25, -0.2) is 4.98 Å². The van der Waals surface area contributed by atoms with Crippen LogP contribution in [0.4, 0.5) is 0 Å². The Hall–Kier alpha value is -1.85. The first-order chi connectivity index (χ1) is 9.99. The third kappa shape index (κ3) is 3.83. The molecule has 7 heteroatoms. The first kappa shape index (κ1) is 15.5. The summed E-state index contributed by atoms with van der Waals surface area (Å²) in [6, 6.07) is 4.66. The van der Waals surface area contributed by atoms with E-state index in [2.05, 4.69) is 10.3 Å². The van der Waals surface area contributed by atoms with Crippen molar-refractivity contribution in [3.05, 3.63) is 62.2 Å². The molecular formula is C14H13Cl2N3O2. The lowest BCUT2D eigenvalue weighted by Crippen LogP contribution is -2.31. The summed E-state index contributed by atoms with van der Waals surface area (Å²) in [6.45, 7) is 2.32. The molecule has 0 bridgehead atoms. The van der Waals surface area contributed by atoms with Gasteiger partial charge in [0, 0.05) is 29.9 Å². The molecule has 0 atom stereocenters. The summed E-state index contributed by atoms with van der Waals surface area (Å²) in [5.41, 5.74) is 0.782. The summed E-state index contributed by atoms with van der Waals surface area (Å²) in [5.74, 6) is -0.315. The van der Waals surface area contributed by atoms with Crippen LogP contribution in [0.25, 0.3) is 0 Å². The fourth-order valence-electron chi connectivity index (χ4n) is 1.78. The van der Waals surface area contributed by atoms with Crippen molar-refractivity contribution in [3.8, 4) is 0 Å². The largest absolute Gasteiger partial charge is 0.350 e. The number of benzene rings is 1. The fraction of sp³-hybridized carbons (Fsp3) is 0.214. The molecule has 0 aliphatic heterocycles. The van der Waals surface area contributed by atoms with Gasteiger partial charge >= 0.3 is 0 Å². The highest BCUT2D eigenvalue weighted by atomic mass is 35.5. The first-order valence-electron chi connectivity index (χ1n) is 6.23. The van der Waals surface area contributed by atoms with Gasteiger partial charge in [-0.05, 0) is 25.1 Å². The summed E-state index contributed by atoms with van der Waals surface area (Å²) in [4.78, 5) is 27.7. The van der Waals surface area contributed by atoms with Crippen molar-refractivity contribution >= 4 is 29.1 Å². The van der Waals surface area contributed by atoms with Crippen LogP contribution in [0.15, 0.2) is 35.5 Å². The molecule has 1 amide bonds. The number of hydrogen-bond acceptors (Lipinski definition) is 3. The van der Waals surface area contributed by atoms with Crippen molar-refractivity contribution in [2.24, 2.45) is 0 Å². The number of amides is 1. The van der Waals surface area contributed by atoms with Crippen LogP contribution < -0.4 is 10.9 Å². The average molecular weight is 326 g/mol. The highest BCUT2D eigenvalue weighted by Gasteiger charge is 2.10. The molecule has 1 heterocycles.